The van der Waals surface area contributed by atoms with E-state index in [2.05, 4.69) is 54.2 Å². The van der Waals surface area contributed by atoms with Gasteiger partial charge in [-0.05, 0) is 5.89 Å². The van der Waals surface area contributed by atoms with Gasteiger partial charge >= 0.3 is 18.6 Å². The Balaban J connectivity index is -0.000000251. The smallest absolute Gasteiger partial charge is 0.340 e. The second-order valence-corrected chi connectivity index (χ2v) is 6.20. The Hall–Kier alpha value is 0.934. The molecule has 0 bridgehead atoms. The van der Waals surface area contributed by atoms with Crippen molar-refractivity contribution in [3.8, 4) is 0 Å². The Morgan fingerprint density at radius 3 is 1.06 bits per heavy atom. The first-order chi connectivity index (χ1) is 7.41. The summed E-state index contributed by atoms with van der Waals surface area (Å²) in [7, 11) is 0. The minimum absolute atomic E-state index is 0. The van der Waals surface area contributed by atoms with Crippen molar-refractivity contribution in [2.24, 2.45) is 29.6 Å². The van der Waals surface area contributed by atoms with Gasteiger partial charge in [0.05, 0.1) is 0 Å². The summed E-state index contributed by atoms with van der Waals surface area (Å²) < 4.78 is 7.31. The van der Waals surface area contributed by atoms with E-state index in [1.54, 1.807) is 0 Å². The van der Waals surface area contributed by atoms with Gasteiger partial charge < -0.3 is 13.8 Å². The molecular formula is C15H32SV. The number of rotatable bonds is 4. The molecule has 0 rings (SSSR count). The topological polar surface area (TPSA) is 0 Å². The first-order valence-electron chi connectivity index (χ1n) is 6.75. The third-order valence-corrected chi connectivity index (χ3v) is 3.98. The van der Waals surface area contributed by atoms with Crippen molar-refractivity contribution in [3.63, 3.8) is 0 Å². The molecule has 0 aromatic heterocycles. The van der Waals surface area contributed by atoms with Gasteiger partial charge in [0.15, 0.2) is 0 Å². The van der Waals surface area contributed by atoms with Gasteiger partial charge in [-0.3, -0.25) is 0 Å². The SMILES string of the molecule is [3H]C(C)(C)C(C)S.[CH2-]C(C)C(C)C(C)C([CH2-])C.[V+2]. The van der Waals surface area contributed by atoms with E-state index in [0.29, 0.717) is 23.7 Å². The van der Waals surface area contributed by atoms with E-state index in [-0.39, 0.29) is 29.7 Å². The van der Waals surface area contributed by atoms with E-state index >= 15 is 0 Å². The second-order valence-electron chi connectivity index (χ2n) is 5.43. The van der Waals surface area contributed by atoms with Crippen molar-refractivity contribution in [3.05, 3.63) is 13.8 Å². The quantitative estimate of drug-likeness (QED) is 0.538. The van der Waals surface area contributed by atoms with Crippen LogP contribution in [0.1, 0.15) is 49.8 Å². The third-order valence-electron chi connectivity index (χ3n) is 3.46. The fourth-order valence-corrected chi connectivity index (χ4v) is 1.04. The van der Waals surface area contributed by atoms with E-state index in [1.165, 1.54) is 0 Å². The zero-order valence-electron chi connectivity index (χ0n) is 13.7. The van der Waals surface area contributed by atoms with Crippen LogP contribution in [0.25, 0.3) is 0 Å². The molecule has 0 saturated heterocycles. The van der Waals surface area contributed by atoms with E-state index in [1.807, 2.05) is 20.8 Å². The van der Waals surface area contributed by atoms with E-state index < -0.39 is 0 Å². The summed E-state index contributed by atoms with van der Waals surface area (Å²) in [6.45, 7) is 22.5. The van der Waals surface area contributed by atoms with Crippen molar-refractivity contribution in [1.82, 2.24) is 0 Å². The standard InChI is InChI=1S/C10H20.C5H12S.V/c1-7(2)9(5)10(6)8(3)4;1-4(2)5(3)6;/h7-10H,1,3H2,2,4-6H3;4-6H,1-3H3;/q-2;;+2/i;4T;. The average Bonchev–Trinajstić information content (AvgIpc) is 2.14. The van der Waals surface area contributed by atoms with Crippen LogP contribution in [0.4, 0.5) is 0 Å². The summed E-state index contributed by atoms with van der Waals surface area (Å²) in [5.74, 6) is 2.07. The minimum atomic E-state index is -0.386. The molecule has 0 aliphatic carbocycles. The fourth-order valence-electron chi connectivity index (χ4n) is 1.04. The van der Waals surface area contributed by atoms with Crippen LogP contribution in [-0.4, -0.2) is 5.25 Å². The van der Waals surface area contributed by atoms with Crippen molar-refractivity contribution in [2.45, 2.75) is 53.7 Å². The molecular weight excluding hydrogens is 263 g/mol. The van der Waals surface area contributed by atoms with Crippen LogP contribution in [-0.2, 0) is 18.6 Å². The first-order valence-corrected chi connectivity index (χ1v) is 6.77. The molecule has 0 N–H and O–H groups in total. The summed E-state index contributed by atoms with van der Waals surface area (Å²) >= 11 is 4.09. The summed E-state index contributed by atoms with van der Waals surface area (Å²) in [5, 5.41) is 0.160. The van der Waals surface area contributed by atoms with Gasteiger partial charge in [0.2, 0.25) is 0 Å². The molecule has 0 saturated carbocycles. The summed E-state index contributed by atoms with van der Waals surface area (Å²) in [6.07, 6.45) is 0. The second kappa shape index (κ2) is 12.0. The van der Waals surface area contributed by atoms with Crippen LogP contribution in [0.5, 0.6) is 0 Å². The van der Waals surface area contributed by atoms with Crippen molar-refractivity contribution < 1.29 is 19.9 Å². The fraction of sp³-hybridized carbons (Fsp3) is 0.867. The van der Waals surface area contributed by atoms with Crippen LogP contribution in [0.15, 0.2) is 0 Å². The minimum Gasteiger partial charge on any atom is -0.340 e. The summed E-state index contributed by atoms with van der Waals surface area (Å²) in [5.41, 5.74) is 0. The van der Waals surface area contributed by atoms with Gasteiger partial charge in [-0.25, -0.2) is 0 Å². The molecule has 0 amide bonds. The van der Waals surface area contributed by atoms with Gasteiger partial charge in [0.25, 0.3) is 0 Å². The Morgan fingerprint density at radius 1 is 0.824 bits per heavy atom. The van der Waals surface area contributed by atoms with Crippen LogP contribution in [0, 0.1) is 43.4 Å². The molecule has 103 valence electrons. The molecule has 17 heavy (non-hydrogen) atoms. The molecule has 0 aliphatic heterocycles. The van der Waals surface area contributed by atoms with Crippen molar-refractivity contribution >= 4 is 12.6 Å². The molecule has 0 aromatic rings. The summed E-state index contributed by atoms with van der Waals surface area (Å²) in [6, 6.07) is 0. The normalized spacial score (nSPS) is 20.7. The molecule has 5 unspecified atom stereocenters. The van der Waals surface area contributed by atoms with Crippen LogP contribution >= 0.6 is 12.6 Å². The van der Waals surface area contributed by atoms with Crippen LogP contribution in [0.3, 0.4) is 0 Å². The van der Waals surface area contributed by atoms with Crippen molar-refractivity contribution in [2.75, 3.05) is 0 Å². The monoisotopic (exact) mass is 297 g/mol. The predicted octanol–water partition coefficient (Wildman–Crippen LogP) is 5.16. The largest absolute Gasteiger partial charge is 2.00 e. The van der Waals surface area contributed by atoms with E-state index in [9.17, 15) is 0 Å². The Kier molecular flexibility index (Phi) is 14.3. The van der Waals surface area contributed by atoms with Crippen LogP contribution in [0.2, 0.25) is 0 Å². The Morgan fingerprint density at radius 2 is 1.00 bits per heavy atom. The van der Waals surface area contributed by atoms with Gasteiger partial charge in [0, 0.05) is 6.62 Å². The maximum Gasteiger partial charge on any atom is 2.00 e. The zero-order valence-corrected chi connectivity index (χ0v) is 15.0. The van der Waals surface area contributed by atoms with Crippen LogP contribution < -0.4 is 0 Å². The summed E-state index contributed by atoms with van der Waals surface area (Å²) in [4.78, 5) is 0. The third kappa shape index (κ3) is 13.2. The predicted molar refractivity (Wildman–Crippen MR) is 80.7 cm³/mol. The van der Waals surface area contributed by atoms with Gasteiger partial charge in [0.1, 0.15) is 0 Å². The Bertz CT molecular complexity index is 173. The maximum atomic E-state index is 7.31. The molecule has 5 atom stereocenters. The molecule has 0 nitrogen and oxygen atoms in total. The molecule has 0 heterocycles. The first kappa shape index (κ1) is 20.3. The zero-order chi connectivity index (χ0) is 14.4. The van der Waals surface area contributed by atoms with E-state index in [4.69, 9.17) is 1.37 Å². The molecule has 0 aliphatic rings. The number of thiol groups is 1. The molecule has 0 aromatic carbocycles. The average molecular weight is 297 g/mol. The Labute approximate surface area is 129 Å². The number of hydrogen-bond acceptors (Lipinski definition) is 1. The molecule has 0 spiro atoms. The molecule has 1 radical (unpaired) electrons. The van der Waals surface area contributed by atoms with Gasteiger partial charge in [-0.15, -0.1) is 0 Å². The van der Waals surface area contributed by atoms with Gasteiger partial charge in [-0.2, -0.15) is 24.5 Å². The van der Waals surface area contributed by atoms with E-state index in [0.717, 1.165) is 0 Å². The van der Waals surface area contributed by atoms with Crippen molar-refractivity contribution in [1.29, 1.82) is 0 Å². The molecule has 0 fully saturated rings. The number of hydrogen-bond donors (Lipinski definition) is 1. The van der Waals surface area contributed by atoms with Gasteiger partial charge in [-0.1, -0.05) is 60.3 Å². The molecule has 2 heteroatoms. The maximum absolute atomic E-state index is 7.31.